The molecule has 9 heteroatoms. The number of benzene rings is 1. The van der Waals surface area contributed by atoms with Crippen LogP contribution in [0.25, 0.3) is 0 Å². The standard InChI is InChI=1S/C22H23F3N4O2/c23-22(24,25)16-3-8-19(26-14-16)28-12-9-15(10-13-28)21(31)27-17-4-6-18(7-5-17)29-11-1-2-20(29)30/h3-8,14-15H,1-2,9-13H2,(H,27,31). The molecule has 2 aliphatic rings. The van der Waals surface area contributed by atoms with Crippen molar-refractivity contribution in [3.8, 4) is 0 Å². The maximum absolute atomic E-state index is 12.7. The van der Waals surface area contributed by atoms with Crippen LogP contribution in [0.1, 0.15) is 31.2 Å². The molecule has 0 atom stereocenters. The molecule has 4 rings (SSSR count). The Morgan fingerprint density at radius 3 is 2.29 bits per heavy atom. The molecule has 2 fully saturated rings. The van der Waals surface area contributed by atoms with Crippen molar-refractivity contribution in [3.63, 3.8) is 0 Å². The lowest BCUT2D eigenvalue weighted by molar-refractivity contribution is -0.137. The Morgan fingerprint density at radius 2 is 1.74 bits per heavy atom. The molecule has 1 aromatic carbocycles. The number of carbonyl (C=O) groups is 2. The molecule has 2 amide bonds. The highest BCUT2D eigenvalue weighted by Crippen LogP contribution is 2.30. The highest BCUT2D eigenvalue weighted by atomic mass is 19.4. The zero-order valence-electron chi connectivity index (χ0n) is 16.9. The number of halogens is 3. The molecular weight excluding hydrogens is 409 g/mol. The number of hydrogen-bond donors (Lipinski definition) is 1. The van der Waals surface area contributed by atoms with Gasteiger partial charge in [0.25, 0.3) is 0 Å². The molecule has 2 aromatic rings. The maximum atomic E-state index is 12.7. The number of nitrogens with zero attached hydrogens (tertiary/aromatic N) is 3. The van der Waals surface area contributed by atoms with E-state index in [-0.39, 0.29) is 17.7 Å². The predicted molar refractivity (Wildman–Crippen MR) is 111 cm³/mol. The van der Waals surface area contributed by atoms with Gasteiger partial charge < -0.3 is 15.1 Å². The number of hydrogen-bond acceptors (Lipinski definition) is 4. The molecule has 2 saturated heterocycles. The molecule has 6 nitrogen and oxygen atoms in total. The van der Waals surface area contributed by atoms with Gasteiger partial charge in [0.15, 0.2) is 0 Å². The lowest BCUT2D eigenvalue weighted by Crippen LogP contribution is -2.38. The van der Waals surface area contributed by atoms with Crippen molar-refractivity contribution < 1.29 is 22.8 Å². The molecule has 0 aliphatic carbocycles. The summed E-state index contributed by atoms with van der Waals surface area (Å²) >= 11 is 0. The van der Waals surface area contributed by atoms with Crippen molar-refractivity contribution >= 4 is 29.0 Å². The first-order valence-corrected chi connectivity index (χ1v) is 10.3. The predicted octanol–water partition coefficient (Wildman–Crippen LogP) is 4.08. The highest BCUT2D eigenvalue weighted by Gasteiger charge is 2.31. The lowest BCUT2D eigenvalue weighted by atomic mass is 9.95. The van der Waals surface area contributed by atoms with Crippen LogP contribution in [0.5, 0.6) is 0 Å². The Balaban J connectivity index is 1.30. The first kappa shape index (κ1) is 21.1. The van der Waals surface area contributed by atoms with Crippen LogP contribution in [0, 0.1) is 5.92 Å². The molecule has 0 spiro atoms. The first-order valence-electron chi connectivity index (χ1n) is 10.3. The Morgan fingerprint density at radius 1 is 1.03 bits per heavy atom. The van der Waals surface area contributed by atoms with Crippen LogP contribution in [-0.2, 0) is 15.8 Å². The molecule has 3 heterocycles. The number of piperidine rings is 1. The van der Waals surface area contributed by atoms with E-state index in [1.165, 1.54) is 6.07 Å². The molecular formula is C22H23F3N4O2. The Labute approximate surface area is 178 Å². The summed E-state index contributed by atoms with van der Waals surface area (Å²) in [7, 11) is 0. The van der Waals surface area contributed by atoms with E-state index >= 15 is 0 Å². The van der Waals surface area contributed by atoms with E-state index in [4.69, 9.17) is 0 Å². The number of rotatable bonds is 4. The van der Waals surface area contributed by atoms with Crippen LogP contribution in [0.4, 0.5) is 30.4 Å². The van der Waals surface area contributed by atoms with Crippen molar-refractivity contribution in [1.82, 2.24) is 4.98 Å². The zero-order valence-corrected chi connectivity index (χ0v) is 16.9. The van der Waals surface area contributed by atoms with Crippen molar-refractivity contribution in [2.45, 2.75) is 31.9 Å². The normalized spacial score (nSPS) is 17.8. The summed E-state index contributed by atoms with van der Waals surface area (Å²) in [5, 5.41) is 2.92. The van der Waals surface area contributed by atoms with Gasteiger partial charge in [0.2, 0.25) is 11.8 Å². The Kier molecular flexibility index (Phi) is 5.84. The van der Waals surface area contributed by atoms with E-state index in [1.807, 2.05) is 17.0 Å². The fourth-order valence-electron chi connectivity index (χ4n) is 4.00. The molecule has 0 radical (unpaired) electrons. The van der Waals surface area contributed by atoms with Crippen molar-refractivity contribution in [2.24, 2.45) is 5.92 Å². The number of aromatic nitrogens is 1. The van der Waals surface area contributed by atoms with E-state index in [0.717, 1.165) is 30.9 Å². The fourth-order valence-corrected chi connectivity index (χ4v) is 4.00. The molecule has 1 N–H and O–H groups in total. The van der Waals surface area contributed by atoms with E-state index in [2.05, 4.69) is 10.3 Å². The summed E-state index contributed by atoms with van der Waals surface area (Å²) in [5.74, 6) is 0.348. The molecule has 31 heavy (non-hydrogen) atoms. The van der Waals surface area contributed by atoms with Crippen LogP contribution in [0.3, 0.4) is 0 Å². The van der Waals surface area contributed by atoms with Gasteiger partial charge in [0.05, 0.1) is 5.56 Å². The fraction of sp³-hybridized carbons (Fsp3) is 0.409. The maximum Gasteiger partial charge on any atom is 0.417 e. The quantitative estimate of drug-likeness (QED) is 0.791. The van der Waals surface area contributed by atoms with Gasteiger partial charge in [-0.3, -0.25) is 9.59 Å². The van der Waals surface area contributed by atoms with Gasteiger partial charge in [-0.1, -0.05) is 0 Å². The minimum atomic E-state index is -4.40. The second kappa shape index (κ2) is 8.56. The monoisotopic (exact) mass is 432 g/mol. The summed E-state index contributed by atoms with van der Waals surface area (Å²) in [6.07, 6.45) is -0.951. The van der Waals surface area contributed by atoms with Crippen LogP contribution in [0.15, 0.2) is 42.6 Å². The summed E-state index contributed by atoms with van der Waals surface area (Å²) in [6, 6.07) is 9.64. The number of anilines is 3. The van der Waals surface area contributed by atoms with Gasteiger partial charge in [0, 0.05) is 49.5 Å². The number of carbonyl (C=O) groups excluding carboxylic acids is 2. The smallest absolute Gasteiger partial charge is 0.357 e. The van der Waals surface area contributed by atoms with Gasteiger partial charge in [-0.25, -0.2) is 4.98 Å². The molecule has 0 saturated carbocycles. The number of pyridine rings is 1. The zero-order chi connectivity index (χ0) is 22.0. The first-order chi connectivity index (χ1) is 14.8. The third-order valence-electron chi connectivity index (χ3n) is 5.78. The Bertz CT molecular complexity index is 937. The second-order valence-corrected chi connectivity index (χ2v) is 7.85. The van der Waals surface area contributed by atoms with Gasteiger partial charge in [-0.15, -0.1) is 0 Å². The molecule has 1 aromatic heterocycles. The average Bonchev–Trinajstić information content (AvgIpc) is 3.20. The van der Waals surface area contributed by atoms with Crippen LogP contribution < -0.4 is 15.1 Å². The van der Waals surface area contributed by atoms with Crippen molar-refractivity contribution in [2.75, 3.05) is 34.8 Å². The van der Waals surface area contributed by atoms with Crippen LogP contribution in [0.2, 0.25) is 0 Å². The molecule has 2 aliphatic heterocycles. The van der Waals surface area contributed by atoms with Gasteiger partial charge in [-0.2, -0.15) is 13.2 Å². The van der Waals surface area contributed by atoms with E-state index in [9.17, 15) is 22.8 Å². The summed E-state index contributed by atoms with van der Waals surface area (Å²) in [6.45, 7) is 1.82. The minimum absolute atomic E-state index is 0.0787. The molecule has 0 unspecified atom stereocenters. The SMILES string of the molecule is O=C(Nc1ccc(N2CCCC2=O)cc1)C1CCN(c2ccc(C(F)(F)F)cn2)CC1. The van der Waals surface area contributed by atoms with E-state index in [1.54, 1.807) is 17.0 Å². The third-order valence-corrected chi connectivity index (χ3v) is 5.78. The van der Waals surface area contributed by atoms with Crippen molar-refractivity contribution in [1.29, 1.82) is 0 Å². The van der Waals surface area contributed by atoms with Crippen LogP contribution in [-0.4, -0.2) is 36.4 Å². The average molecular weight is 432 g/mol. The van der Waals surface area contributed by atoms with E-state index in [0.29, 0.717) is 43.9 Å². The minimum Gasteiger partial charge on any atom is -0.357 e. The van der Waals surface area contributed by atoms with Crippen LogP contribution >= 0.6 is 0 Å². The largest absolute Gasteiger partial charge is 0.417 e. The second-order valence-electron chi connectivity index (χ2n) is 7.85. The summed E-state index contributed by atoms with van der Waals surface area (Å²) in [5.41, 5.74) is 0.732. The summed E-state index contributed by atoms with van der Waals surface area (Å²) in [4.78, 5) is 32.0. The molecule has 0 bridgehead atoms. The lowest BCUT2D eigenvalue weighted by Gasteiger charge is -2.32. The Hall–Kier alpha value is -3.10. The molecule has 164 valence electrons. The highest BCUT2D eigenvalue weighted by molar-refractivity contribution is 5.96. The van der Waals surface area contributed by atoms with Crippen molar-refractivity contribution in [3.05, 3.63) is 48.2 Å². The third kappa shape index (κ3) is 4.81. The number of alkyl halides is 3. The summed E-state index contributed by atoms with van der Waals surface area (Å²) < 4.78 is 38.0. The number of amides is 2. The topological polar surface area (TPSA) is 65.5 Å². The van der Waals surface area contributed by atoms with E-state index < -0.39 is 11.7 Å². The van der Waals surface area contributed by atoms with Gasteiger partial charge in [0.1, 0.15) is 5.82 Å². The number of nitrogens with one attached hydrogen (secondary N) is 1. The van der Waals surface area contributed by atoms with Gasteiger partial charge in [-0.05, 0) is 55.7 Å². The van der Waals surface area contributed by atoms with Gasteiger partial charge >= 0.3 is 6.18 Å².